The van der Waals surface area contributed by atoms with E-state index in [0.29, 0.717) is 0 Å². The molecule has 2 aromatic carbocycles. The molecule has 0 saturated heterocycles. The average molecular weight is 401 g/mol. The maximum absolute atomic E-state index is 12.4. The van der Waals surface area contributed by atoms with Gasteiger partial charge < -0.3 is 10.1 Å². The summed E-state index contributed by atoms with van der Waals surface area (Å²) in [6.45, 7) is 4.05. The molecule has 0 atom stereocenters. The molecule has 1 heterocycles. The van der Waals surface area contributed by atoms with Crippen LogP contribution in [-0.4, -0.2) is 20.6 Å². The number of nitrogens with zero attached hydrogens (tertiary/aromatic N) is 3. The molecule has 3 aromatic rings. The third kappa shape index (κ3) is 4.47. The van der Waals surface area contributed by atoms with Gasteiger partial charge in [0.2, 0.25) is 0 Å². The van der Waals surface area contributed by atoms with Crippen LogP contribution in [0.5, 0.6) is 5.75 Å². The number of nitro benzene ring substituents is 1. The highest BCUT2D eigenvalue weighted by Crippen LogP contribution is 2.27. The van der Waals surface area contributed by atoms with Gasteiger partial charge >= 0.3 is 0 Å². The standard InChI is InChI=1S/C19H17ClN4O4/c1-12-3-4-13(2)18(9-12)28-11-23-8-7-16(22-23)19(25)21-17-10-14(24(26)27)5-6-15(17)20/h3-10H,11H2,1-2H3,(H,21,25). The minimum Gasteiger partial charge on any atom is -0.471 e. The Balaban J connectivity index is 1.68. The summed E-state index contributed by atoms with van der Waals surface area (Å²) in [5.41, 5.74) is 2.17. The van der Waals surface area contributed by atoms with Crippen LogP contribution in [0.3, 0.4) is 0 Å². The van der Waals surface area contributed by atoms with Gasteiger partial charge in [-0.05, 0) is 43.2 Å². The molecule has 0 radical (unpaired) electrons. The van der Waals surface area contributed by atoms with E-state index in [9.17, 15) is 14.9 Å². The second-order valence-corrected chi connectivity index (χ2v) is 6.57. The van der Waals surface area contributed by atoms with Gasteiger partial charge in [-0.2, -0.15) is 5.10 Å². The van der Waals surface area contributed by atoms with E-state index in [0.717, 1.165) is 16.9 Å². The number of rotatable bonds is 6. The van der Waals surface area contributed by atoms with Crippen LogP contribution in [0.25, 0.3) is 0 Å². The fourth-order valence-corrected chi connectivity index (χ4v) is 2.63. The molecular weight excluding hydrogens is 384 g/mol. The minimum atomic E-state index is -0.564. The quantitative estimate of drug-likeness (QED) is 0.489. The van der Waals surface area contributed by atoms with E-state index in [-0.39, 0.29) is 28.8 Å². The van der Waals surface area contributed by atoms with E-state index in [1.165, 1.54) is 28.9 Å². The number of hydrogen-bond acceptors (Lipinski definition) is 5. The second-order valence-electron chi connectivity index (χ2n) is 6.16. The lowest BCUT2D eigenvalue weighted by Gasteiger charge is -2.10. The Bertz CT molecular complexity index is 1050. The van der Waals surface area contributed by atoms with Gasteiger partial charge in [0.15, 0.2) is 12.4 Å². The number of amides is 1. The van der Waals surface area contributed by atoms with Gasteiger partial charge in [-0.15, -0.1) is 0 Å². The number of ether oxygens (including phenoxy) is 1. The van der Waals surface area contributed by atoms with Gasteiger partial charge in [0.05, 0.1) is 15.6 Å². The van der Waals surface area contributed by atoms with Crippen LogP contribution in [0.4, 0.5) is 11.4 Å². The molecule has 3 rings (SSSR count). The summed E-state index contributed by atoms with van der Waals surface area (Å²) in [7, 11) is 0. The first-order valence-electron chi connectivity index (χ1n) is 8.32. The molecule has 1 amide bonds. The minimum absolute atomic E-state index is 0.132. The number of non-ortho nitro benzene ring substituents is 1. The molecule has 0 spiro atoms. The maximum Gasteiger partial charge on any atom is 0.276 e. The monoisotopic (exact) mass is 400 g/mol. The van der Waals surface area contributed by atoms with Crippen molar-refractivity contribution in [3.8, 4) is 5.75 Å². The zero-order valence-electron chi connectivity index (χ0n) is 15.2. The van der Waals surface area contributed by atoms with E-state index >= 15 is 0 Å². The molecule has 1 aromatic heterocycles. The van der Waals surface area contributed by atoms with Gasteiger partial charge in [0.1, 0.15) is 5.75 Å². The lowest BCUT2D eigenvalue weighted by Crippen LogP contribution is -2.14. The molecule has 0 unspecified atom stereocenters. The number of carbonyl (C=O) groups excluding carboxylic acids is 1. The Morgan fingerprint density at radius 2 is 2.04 bits per heavy atom. The topological polar surface area (TPSA) is 99.3 Å². The lowest BCUT2D eigenvalue weighted by atomic mass is 10.1. The average Bonchev–Trinajstić information content (AvgIpc) is 3.13. The summed E-state index contributed by atoms with van der Waals surface area (Å²) in [4.78, 5) is 22.7. The van der Waals surface area contributed by atoms with Crippen LogP contribution < -0.4 is 10.1 Å². The predicted octanol–water partition coefficient (Wildman–Crippen LogP) is 4.35. The van der Waals surface area contributed by atoms with Crippen molar-refractivity contribution >= 4 is 28.9 Å². The van der Waals surface area contributed by atoms with Crippen molar-refractivity contribution in [3.05, 3.63) is 80.6 Å². The van der Waals surface area contributed by atoms with Crippen molar-refractivity contribution in [1.29, 1.82) is 0 Å². The summed E-state index contributed by atoms with van der Waals surface area (Å²) < 4.78 is 7.23. The van der Waals surface area contributed by atoms with Crippen molar-refractivity contribution in [1.82, 2.24) is 9.78 Å². The van der Waals surface area contributed by atoms with E-state index in [4.69, 9.17) is 16.3 Å². The molecular formula is C19H17ClN4O4. The predicted molar refractivity (Wildman–Crippen MR) is 105 cm³/mol. The Kier molecular flexibility index (Phi) is 5.60. The molecule has 8 nitrogen and oxygen atoms in total. The van der Waals surface area contributed by atoms with Crippen LogP contribution in [0, 0.1) is 24.0 Å². The zero-order chi connectivity index (χ0) is 20.3. The Hall–Kier alpha value is -3.39. The molecule has 9 heteroatoms. The van der Waals surface area contributed by atoms with Crippen LogP contribution in [0.15, 0.2) is 48.7 Å². The highest BCUT2D eigenvalue weighted by molar-refractivity contribution is 6.34. The SMILES string of the molecule is Cc1ccc(C)c(OCn2ccc(C(=O)Nc3cc([N+](=O)[O-])ccc3Cl)n2)c1. The molecule has 0 bridgehead atoms. The number of aryl methyl sites for hydroxylation is 2. The van der Waals surface area contributed by atoms with Crippen LogP contribution in [0.2, 0.25) is 5.02 Å². The molecule has 0 aliphatic heterocycles. The van der Waals surface area contributed by atoms with Crippen LogP contribution in [0.1, 0.15) is 21.6 Å². The van der Waals surface area contributed by atoms with Gasteiger partial charge in [0.25, 0.3) is 11.6 Å². The fraction of sp³-hybridized carbons (Fsp3) is 0.158. The number of aromatic nitrogens is 2. The number of carbonyl (C=O) groups is 1. The number of nitrogens with one attached hydrogen (secondary N) is 1. The smallest absolute Gasteiger partial charge is 0.276 e. The largest absolute Gasteiger partial charge is 0.471 e. The Morgan fingerprint density at radius 1 is 1.25 bits per heavy atom. The molecule has 1 N–H and O–H groups in total. The molecule has 0 aliphatic carbocycles. The van der Waals surface area contributed by atoms with Gasteiger partial charge in [-0.25, -0.2) is 4.68 Å². The normalized spacial score (nSPS) is 10.5. The number of nitro groups is 1. The summed E-state index contributed by atoms with van der Waals surface area (Å²) in [5.74, 6) is 0.206. The Morgan fingerprint density at radius 3 is 2.79 bits per heavy atom. The summed E-state index contributed by atoms with van der Waals surface area (Å²) in [6, 6.07) is 11.2. The van der Waals surface area contributed by atoms with Gasteiger partial charge in [0, 0.05) is 18.3 Å². The lowest BCUT2D eigenvalue weighted by molar-refractivity contribution is -0.384. The Labute approximate surface area is 165 Å². The van der Waals surface area contributed by atoms with Crippen molar-refractivity contribution in [2.45, 2.75) is 20.6 Å². The summed E-state index contributed by atoms with van der Waals surface area (Å²) >= 11 is 6.00. The zero-order valence-corrected chi connectivity index (χ0v) is 15.9. The number of hydrogen-bond donors (Lipinski definition) is 1. The first-order valence-corrected chi connectivity index (χ1v) is 8.70. The number of halogens is 1. The van der Waals surface area contributed by atoms with E-state index in [1.54, 1.807) is 6.20 Å². The highest BCUT2D eigenvalue weighted by atomic mass is 35.5. The summed E-state index contributed by atoms with van der Waals surface area (Å²) in [6.07, 6.45) is 1.61. The summed E-state index contributed by atoms with van der Waals surface area (Å²) in [5, 5.41) is 17.8. The number of benzene rings is 2. The van der Waals surface area contributed by atoms with Crippen molar-refractivity contribution < 1.29 is 14.5 Å². The van der Waals surface area contributed by atoms with Crippen molar-refractivity contribution in [2.24, 2.45) is 0 Å². The molecule has 0 aliphatic rings. The van der Waals surface area contributed by atoms with E-state index in [2.05, 4.69) is 10.4 Å². The third-order valence-corrected chi connectivity index (χ3v) is 4.31. The van der Waals surface area contributed by atoms with Crippen molar-refractivity contribution in [3.63, 3.8) is 0 Å². The van der Waals surface area contributed by atoms with Crippen LogP contribution in [-0.2, 0) is 6.73 Å². The second kappa shape index (κ2) is 8.10. The fourth-order valence-electron chi connectivity index (χ4n) is 2.46. The maximum atomic E-state index is 12.4. The van der Waals surface area contributed by atoms with E-state index < -0.39 is 10.8 Å². The van der Waals surface area contributed by atoms with Gasteiger partial charge in [-0.1, -0.05) is 23.7 Å². The number of anilines is 1. The van der Waals surface area contributed by atoms with E-state index in [1.807, 2.05) is 32.0 Å². The first-order chi connectivity index (χ1) is 13.3. The molecule has 0 saturated carbocycles. The molecule has 28 heavy (non-hydrogen) atoms. The molecule has 0 fully saturated rings. The molecule has 144 valence electrons. The third-order valence-electron chi connectivity index (χ3n) is 3.98. The first kappa shape index (κ1) is 19.4. The van der Waals surface area contributed by atoms with Crippen molar-refractivity contribution in [2.75, 3.05) is 5.32 Å². The van der Waals surface area contributed by atoms with Gasteiger partial charge in [-0.3, -0.25) is 14.9 Å². The van der Waals surface area contributed by atoms with Crippen LogP contribution >= 0.6 is 11.6 Å². The highest BCUT2D eigenvalue weighted by Gasteiger charge is 2.15.